The van der Waals surface area contributed by atoms with Gasteiger partial charge in [0.05, 0.1) is 25.4 Å². The molecule has 0 spiro atoms. The Labute approximate surface area is 271 Å². The molecule has 0 saturated heterocycles. The molecule has 0 bridgehead atoms. The first-order valence-corrected chi connectivity index (χ1v) is 16.0. The van der Waals surface area contributed by atoms with Gasteiger partial charge in [-0.05, 0) is 89.0 Å². The molecular formula is C42H38N3O+. The van der Waals surface area contributed by atoms with Crippen LogP contribution < -0.4 is 4.57 Å². The Bertz CT molecular complexity index is 2250. The first-order valence-electron chi connectivity index (χ1n) is 16.0. The lowest BCUT2D eigenvalue weighted by Gasteiger charge is -2.21. The van der Waals surface area contributed by atoms with Crippen LogP contribution in [0.1, 0.15) is 56.2 Å². The van der Waals surface area contributed by atoms with Crippen molar-refractivity contribution >= 4 is 27.7 Å². The lowest BCUT2D eigenvalue weighted by atomic mass is 9.87. The molecule has 0 aliphatic rings. The highest BCUT2D eigenvalue weighted by molar-refractivity contribution is 5.87. The minimum Gasteiger partial charge on any atom is -0.464 e. The molecule has 0 aliphatic carbocycles. The van der Waals surface area contributed by atoms with Crippen LogP contribution in [0.3, 0.4) is 0 Å². The summed E-state index contributed by atoms with van der Waals surface area (Å²) in [5.74, 6) is 1.62. The number of imidazole rings is 1. The van der Waals surface area contributed by atoms with Gasteiger partial charge in [0.2, 0.25) is 0 Å². The summed E-state index contributed by atoms with van der Waals surface area (Å²) in [6.07, 6.45) is 1.75. The summed E-state index contributed by atoms with van der Waals surface area (Å²) in [4.78, 5) is 3.77. The quantitative estimate of drug-likeness (QED) is 0.138. The largest absolute Gasteiger partial charge is 0.464 e. The van der Waals surface area contributed by atoms with Crippen LogP contribution >= 0.6 is 0 Å². The minimum absolute atomic E-state index is 0.270. The van der Waals surface area contributed by atoms with E-state index >= 15 is 0 Å². The van der Waals surface area contributed by atoms with E-state index in [1.165, 1.54) is 39.1 Å². The first-order chi connectivity index (χ1) is 22.2. The van der Waals surface area contributed by atoms with E-state index in [0.717, 1.165) is 39.0 Å². The second-order valence-corrected chi connectivity index (χ2v) is 12.9. The molecule has 4 nitrogen and oxygen atoms in total. The highest BCUT2D eigenvalue weighted by atomic mass is 16.3. The van der Waals surface area contributed by atoms with E-state index in [4.69, 9.17) is 11.0 Å². The molecule has 0 amide bonds. The molecule has 46 heavy (non-hydrogen) atoms. The zero-order valence-corrected chi connectivity index (χ0v) is 27.3. The fourth-order valence-electron chi connectivity index (χ4n) is 6.77. The molecular weight excluding hydrogens is 562 g/mol. The van der Waals surface area contributed by atoms with Gasteiger partial charge in [-0.2, -0.15) is 4.57 Å². The summed E-state index contributed by atoms with van der Waals surface area (Å²) in [6, 6.07) is 36.7. The number of benzene rings is 5. The first kappa shape index (κ1) is 29.3. The van der Waals surface area contributed by atoms with Crippen molar-refractivity contribution in [3.8, 4) is 39.3 Å². The fourth-order valence-corrected chi connectivity index (χ4v) is 6.77. The molecule has 0 fully saturated rings. The number of hydrogen-bond donors (Lipinski definition) is 0. The number of hydrogen-bond acceptors (Lipinski definition) is 1. The number of aryl methyl sites for hydroxylation is 2. The Morgan fingerprint density at radius 2 is 1.35 bits per heavy atom. The van der Waals surface area contributed by atoms with Crippen LogP contribution in [0, 0.1) is 13.5 Å². The Kier molecular flexibility index (Phi) is 7.34. The van der Waals surface area contributed by atoms with Crippen LogP contribution in [0.15, 0.2) is 114 Å². The van der Waals surface area contributed by atoms with Crippen molar-refractivity contribution in [2.45, 2.75) is 46.5 Å². The maximum absolute atomic E-state index is 7.73. The average Bonchev–Trinajstić information content (AvgIpc) is 3.64. The third-order valence-corrected chi connectivity index (χ3v) is 9.22. The van der Waals surface area contributed by atoms with Gasteiger partial charge in [0.25, 0.3) is 5.82 Å². The summed E-state index contributed by atoms with van der Waals surface area (Å²) in [7, 11) is 2.12. The van der Waals surface area contributed by atoms with E-state index in [1.54, 1.807) is 6.26 Å². The summed E-state index contributed by atoms with van der Waals surface area (Å²) in [5, 5.41) is 1.07. The van der Waals surface area contributed by atoms with Crippen LogP contribution in [0.25, 0.3) is 66.2 Å². The van der Waals surface area contributed by atoms with Gasteiger partial charge >= 0.3 is 0 Å². The highest BCUT2D eigenvalue weighted by Gasteiger charge is 2.32. The molecule has 0 radical (unpaired) electrons. The van der Waals surface area contributed by atoms with Gasteiger partial charge in [0, 0.05) is 16.5 Å². The molecule has 0 atom stereocenters. The molecule has 4 heteroatoms. The van der Waals surface area contributed by atoms with Crippen molar-refractivity contribution in [1.29, 1.82) is 0 Å². The van der Waals surface area contributed by atoms with E-state index in [-0.39, 0.29) is 11.8 Å². The maximum atomic E-state index is 7.73. The predicted molar refractivity (Wildman–Crippen MR) is 190 cm³/mol. The monoisotopic (exact) mass is 600 g/mol. The van der Waals surface area contributed by atoms with Crippen molar-refractivity contribution in [3.05, 3.63) is 137 Å². The van der Waals surface area contributed by atoms with Gasteiger partial charge < -0.3 is 4.42 Å². The van der Waals surface area contributed by atoms with Crippen molar-refractivity contribution in [2.75, 3.05) is 0 Å². The van der Waals surface area contributed by atoms with E-state index < -0.39 is 0 Å². The summed E-state index contributed by atoms with van der Waals surface area (Å²) < 4.78 is 10.5. The smallest absolute Gasteiger partial charge is 0.295 e. The zero-order valence-electron chi connectivity index (χ0n) is 27.3. The Balaban J connectivity index is 1.52. The van der Waals surface area contributed by atoms with E-state index in [1.807, 2.05) is 18.2 Å². The van der Waals surface area contributed by atoms with E-state index in [0.29, 0.717) is 5.69 Å². The highest BCUT2D eigenvalue weighted by Crippen LogP contribution is 2.38. The predicted octanol–water partition coefficient (Wildman–Crippen LogP) is 11.3. The molecule has 0 aliphatic heterocycles. The summed E-state index contributed by atoms with van der Waals surface area (Å²) >= 11 is 0. The lowest BCUT2D eigenvalue weighted by Crippen LogP contribution is -2.36. The number of nitrogens with zero attached hydrogens (tertiary/aromatic N) is 3. The number of furan rings is 1. The van der Waals surface area contributed by atoms with Crippen molar-refractivity contribution < 1.29 is 8.98 Å². The maximum Gasteiger partial charge on any atom is 0.295 e. The topological polar surface area (TPSA) is 26.3 Å². The third-order valence-electron chi connectivity index (χ3n) is 9.22. The molecule has 7 rings (SSSR count). The Hall–Kier alpha value is -5.40. The second kappa shape index (κ2) is 11.5. The molecule has 7 aromatic rings. The lowest BCUT2D eigenvalue weighted by molar-refractivity contribution is -0.557. The average molecular weight is 601 g/mol. The van der Waals surface area contributed by atoms with Crippen LogP contribution in [-0.2, 0) is 7.05 Å². The van der Waals surface area contributed by atoms with Crippen molar-refractivity contribution in [3.63, 3.8) is 0 Å². The van der Waals surface area contributed by atoms with Crippen LogP contribution in [-0.4, -0.2) is 4.57 Å². The molecule has 5 aromatic carbocycles. The van der Waals surface area contributed by atoms with Gasteiger partial charge in [-0.25, -0.2) is 9.41 Å². The summed E-state index contributed by atoms with van der Waals surface area (Å²) in [6.45, 7) is 19.0. The van der Waals surface area contributed by atoms with Gasteiger partial charge in [-0.3, -0.25) is 0 Å². The van der Waals surface area contributed by atoms with E-state index in [2.05, 4.69) is 141 Å². The van der Waals surface area contributed by atoms with Crippen molar-refractivity contribution in [2.24, 2.45) is 7.05 Å². The Morgan fingerprint density at radius 1 is 0.717 bits per heavy atom. The van der Waals surface area contributed by atoms with Gasteiger partial charge in [-0.15, -0.1) is 0 Å². The molecule has 0 N–H and O–H groups in total. The van der Waals surface area contributed by atoms with Crippen LogP contribution in [0.5, 0.6) is 0 Å². The second-order valence-electron chi connectivity index (χ2n) is 12.9. The van der Waals surface area contributed by atoms with Crippen LogP contribution in [0.4, 0.5) is 5.69 Å². The Morgan fingerprint density at radius 3 is 1.98 bits per heavy atom. The molecule has 2 heterocycles. The number of aromatic nitrogens is 2. The van der Waals surface area contributed by atoms with E-state index in [9.17, 15) is 0 Å². The molecule has 0 saturated carbocycles. The minimum atomic E-state index is 0.270. The van der Waals surface area contributed by atoms with Crippen LogP contribution in [0.2, 0.25) is 0 Å². The third kappa shape index (κ3) is 4.89. The number of fused-ring (bicyclic) bond motifs is 2. The van der Waals surface area contributed by atoms with Gasteiger partial charge in [0.1, 0.15) is 11.3 Å². The van der Waals surface area contributed by atoms with Gasteiger partial charge in [0.15, 0.2) is 16.7 Å². The number of rotatable bonds is 6. The summed E-state index contributed by atoms with van der Waals surface area (Å²) in [5.41, 5.74) is 14.6. The van der Waals surface area contributed by atoms with Crippen molar-refractivity contribution in [1.82, 2.24) is 4.57 Å². The molecule has 2 aromatic heterocycles. The standard InChI is InChI=1S/C42H38N3O/c1-26(2)35-23-33(31-15-13-30(14-16-31)29-11-9-8-10-12-29)24-36(27(3)4)41(35)45-38-18-17-34(43-6)25-39(38)44(7)42(45)37-22-32-19-20-46-40(32)21-28(37)5/h8-27H,1-5,7H3/q+1. The molecule has 226 valence electrons. The van der Waals surface area contributed by atoms with Gasteiger partial charge in [-0.1, -0.05) is 88.4 Å². The SMILES string of the molecule is [C-]#[N+]c1ccc2c(c1)n(C)c(-c1cc3ccoc3cc1C)[n+]2-c1c(C(C)C)cc(-c2ccc(-c3ccccc3)cc2)cc1C(C)C. The molecule has 0 unspecified atom stereocenters. The zero-order chi connectivity index (χ0) is 32.1. The fraction of sp³-hybridized carbons (Fsp3) is 0.190. The normalized spacial score (nSPS) is 11.6.